The van der Waals surface area contributed by atoms with Gasteiger partial charge < -0.3 is 5.32 Å². The highest BCUT2D eigenvalue weighted by Gasteiger charge is 2.20. The second-order valence-electron chi connectivity index (χ2n) is 4.72. The third kappa shape index (κ3) is 4.51. The Hall–Kier alpha value is -2.01. The molecular formula is C13H12ClN3O5S2. The topological polar surface area (TPSA) is 132 Å². The molecular weight excluding hydrogens is 378 g/mol. The number of primary sulfonamides is 1. The van der Waals surface area contributed by atoms with Crippen LogP contribution in [0.15, 0.2) is 35.2 Å². The van der Waals surface area contributed by atoms with Gasteiger partial charge in [0, 0.05) is 12.6 Å². The molecule has 0 bridgehead atoms. The Balaban J connectivity index is 1.93. The van der Waals surface area contributed by atoms with Crippen LogP contribution in [0.25, 0.3) is 0 Å². The standard InChI is InChI=1S/C13H12ClN3O5S2/c14-12-10(17(19)20)7-11(23-12)13(18)16-6-5-8-1-3-9(4-2-8)24(15,21)22/h1-4,7H,5-6H2,(H,16,18)(H2,15,21,22). The summed E-state index contributed by atoms with van der Waals surface area (Å²) in [6, 6.07) is 7.09. The van der Waals surface area contributed by atoms with E-state index in [9.17, 15) is 23.3 Å². The van der Waals surface area contributed by atoms with Crippen molar-refractivity contribution >= 4 is 44.6 Å². The van der Waals surface area contributed by atoms with Gasteiger partial charge in [-0.3, -0.25) is 14.9 Å². The molecule has 0 saturated carbocycles. The number of carbonyl (C=O) groups excluding carboxylic acids is 1. The number of hydrogen-bond acceptors (Lipinski definition) is 6. The average molecular weight is 390 g/mol. The van der Waals surface area contributed by atoms with Gasteiger partial charge in [-0.2, -0.15) is 0 Å². The van der Waals surface area contributed by atoms with Crippen molar-refractivity contribution in [3.8, 4) is 0 Å². The molecule has 128 valence electrons. The van der Waals surface area contributed by atoms with Gasteiger partial charge in [0.2, 0.25) is 10.0 Å². The summed E-state index contributed by atoms with van der Waals surface area (Å²) in [6.07, 6.45) is 0.456. The summed E-state index contributed by atoms with van der Waals surface area (Å²) >= 11 is 6.54. The first-order valence-electron chi connectivity index (χ1n) is 6.52. The van der Waals surface area contributed by atoms with Gasteiger partial charge in [-0.15, -0.1) is 11.3 Å². The van der Waals surface area contributed by atoms with Gasteiger partial charge in [0.25, 0.3) is 11.6 Å². The number of rotatable bonds is 6. The molecule has 24 heavy (non-hydrogen) atoms. The van der Waals surface area contributed by atoms with Crippen molar-refractivity contribution in [1.29, 1.82) is 0 Å². The van der Waals surface area contributed by atoms with Gasteiger partial charge in [-0.05, 0) is 24.1 Å². The summed E-state index contributed by atoms with van der Waals surface area (Å²) in [6.45, 7) is 0.275. The number of carbonyl (C=O) groups is 1. The summed E-state index contributed by atoms with van der Waals surface area (Å²) in [5.41, 5.74) is 0.503. The number of nitro groups is 1. The van der Waals surface area contributed by atoms with Crippen LogP contribution in [-0.2, 0) is 16.4 Å². The van der Waals surface area contributed by atoms with E-state index < -0.39 is 20.9 Å². The monoisotopic (exact) mass is 389 g/mol. The van der Waals surface area contributed by atoms with Gasteiger partial charge in [-0.1, -0.05) is 23.7 Å². The van der Waals surface area contributed by atoms with Crippen LogP contribution in [0.1, 0.15) is 15.2 Å². The first-order chi connectivity index (χ1) is 11.2. The maximum atomic E-state index is 11.9. The number of amides is 1. The van der Waals surface area contributed by atoms with Crippen molar-refractivity contribution in [2.24, 2.45) is 5.14 Å². The van der Waals surface area contributed by atoms with Crippen molar-refractivity contribution < 1.29 is 18.1 Å². The zero-order chi connectivity index (χ0) is 17.9. The highest BCUT2D eigenvalue weighted by molar-refractivity contribution is 7.89. The predicted octanol–water partition coefficient (Wildman–Crippen LogP) is 1.93. The molecule has 3 N–H and O–H groups in total. The number of hydrogen-bond donors (Lipinski definition) is 2. The summed E-state index contributed by atoms with van der Waals surface area (Å²) < 4.78 is 22.2. The van der Waals surface area contributed by atoms with E-state index in [1.54, 1.807) is 12.1 Å². The molecule has 2 rings (SSSR count). The van der Waals surface area contributed by atoms with E-state index in [4.69, 9.17) is 16.7 Å². The Labute approximate surface area is 146 Å². The first kappa shape index (κ1) is 18.3. The minimum Gasteiger partial charge on any atom is -0.351 e. The number of nitrogens with one attached hydrogen (secondary N) is 1. The Morgan fingerprint density at radius 3 is 2.46 bits per heavy atom. The van der Waals surface area contributed by atoms with Gasteiger partial charge >= 0.3 is 0 Å². The quantitative estimate of drug-likeness (QED) is 0.575. The molecule has 1 aromatic heterocycles. The van der Waals surface area contributed by atoms with E-state index >= 15 is 0 Å². The van der Waals surface area contributed by atoms with Crippen LogP contribution in [0, 0.1) is 10.1 Å². The number of thiophene rings is 1. The van der Waals surface area contributed by atoms with Crippen LogP contribution in [0.4, 0.5) is 5.69 Å². The molecule has 0 spiro atoms. The maximum absolute atomic E-state index is 11.9. The van der Waals surface area contributed by atoms with Crippen molar-refractivity contribution in [2.45, 2.75) is 11.3 Å². The fourth-order valence-electron chi connectivity index (χ4n) is 1.85. The molecule has 1 amide bonds. The predicted molar refractivity (Wildman–Crippen MR) is 89.8 cm³/mol. The van der Waals surface area contributed by atoms with Crippen LogP contribution in [0.2, 0.25) is 4.34 Å². The van der Waals surface area contributed by atoms with Crippen LogP contribution in [0.5, 0.6) is 0 Å². The minimum atomic E-state index is -3.73. The molecule has 0 aliphatic carbocycles. The molecule has 8 nitrogen and oxygen atoms in total. The molecule has 0 aliphatic heterocycles. The van der Waals surface area contributed by atoms with Gasteiger partial charge in [0.05, 0.1) is 9.82 Å². The van der Waals surface area contributed by atoms with Crippen LogP contribution in [0.3, 0.4) is 0 Å². The SMILES string of the molecule is NS(=O)(=O)c1ccc(CCNC(=O)c2cc([N+](=O)[O-])c(Cl)s2)cc1. The smallest absolute Gasteiger partial charge is 0.299 e. The number of nitrogens with two attached hydrogens (primary N) is 1. The van der Waals surface area contributed by atoms with E-state index in [1.165, 1.54) is 12.1 Å². The Bertz CT molecular complexity index is 878. The molecule has 1 aromatic carbocycles. The highest BCUT2D eigenvalue weighted by Crippen LogP contribution is 2.33. The Morgan fingerprint density at radius 1 is 1.33 bits per heavy atom. The lowest BCUT2D eigenvalue weighted by Crippen LogP contribution is -2.24. The van der Waals surface area contributed by atoms with E-state index in [1.807, 2.05) is 0 Å². The van der Waals surface area contributed by atoms with E-state index in [0.717, 1.165) is 23.0 Å². The number of benzene rings is 1. The molecule has 1 heterocycles. The summed E-state index contributed by atoms with van der Waals surface area (Å²) in [5, 5.41) is 18.3. The van der Waals surface area contributed by atoms with Gasteiger partial charge in [0.15, 0.2) is 4.34 Å². The zero-order valence-electron chi connectivity index (χ0n) is 12.1. The third-order valence-corrected chi connectivity index (χ3v) is 5.31. The average Bonchev–Trinajstić information content (AvgIpc) is 2.89. The zero-order valence-corrected chi connectivity index (χ0v) is 14.5. The van der Waals surface area contributed by atoms with Gasteiger partial charge in [0.1, 0.15) is 4.88 Å². The van der Waals surface area contributed by atoms with Crippen molar-refractivity contribution in [3.63, 3.8) is 0 Å². The molecule has 0 radical (unpaired) electrons. The molecule has 11 heteroatoms. The van der Waals surface area contributed by atoms with Crippen molar-refractivity contribution in [1.82, 2.24) is 5.32 Å². The van der Waals surface area contributed by atoms with E-state index in [0.29, 0.717) is 6.42 Å². The fraction of sp³-hybridized carbons (Fsp3) is 0.154. The Kier molecular flexibility index (Phi) is 5.54. The second kappa shape index (κ2) is 7.26. The molecule has 0 unspecified atom stereocenters. The lowest BCUT2D eigenvalue weighted by Gasteiger charge is -2.05. The minimum absolute atomic E-state index is 0.0100. The largest absolute Gasteiger partial charge is 0.351 e. The first-order valence-corrected chi connectivity index (χ1v) is 9.26. The lowest BCUT2D eigenvalue weighted by atomic mass is 10.1. The van der Waals surface area contributed by atoms with E-state index in [-0.39, 0.29) is 26.3 Å². The lowest BCUT2D eigenvalue weighted by molar-refractivity contribution is -0.384. The normalized spacial score (nSPS) is 11.2. The fourth-order valence-corrected chi connectivity index (χ4v) is 3.50. The van der Waals surface area contributed by atoms with Crippen LogP contribution >= 0.6 is 22.9 Å². The third-order valence-electron chi connectivity index (χ3n) is 3.04. The summed E-state index contributed by atoms with van der Waals surface area (Å²) in [4.78, 5) is 22.1. The highest BCUT2D eigenvalue weighted by atomic mass is 35.5. The maximum Gasteiger partial charge on any atom is 0.299 e. The molecule has 0 saturated heterocycles. The molecule has 2 aromatic rings. The molecule has 0 fully saturated rings. The summed E-state index contributed by atoms with van der Waals surface area (Å²) in [5.74, 6) is -0.462. The second-order valence-corrected chi connectivity index (χ2v) is 7.94. The number of nitrogens with zero attached hydrogens (tertiary/aromatic N) is 1. The summed E-state index contributed by atoms with van der Waals surface area (Å²) in [7, 11) is -3.73. The van der Waals surface area contributed by atoms with Crippen LogP contribution < -0.4 is 10.5 Å². The molecule has 0 atom stereocenters. The van der Waals surface area contributed by atoms with Crippen molar-refractivity contribution in [3.05, 3.63) is 55.2 Å². The van der Waals surface area contributed by atoms with Crippen molar-refractivity contribution in [2.75, 3.05) is 6.54 Å². The van der Waals surface area contributed by atoms with E-state index in [2.05, 4.69) is 5.32 Å². The number of halogens is 1. The van der Waals surface area contributed by atoms with Gasteiger partial charge in [-0.25, -0.2) is 13.6 Å². The number of sulfonamides is 1. The Morgan fingerprint density at radius 2 is 1.96 bits per heavy atom. The van der Waals surface area contributed by atoms with Crippen LogP contribution in [-0.4, -0.2) is 25.8 Å². The molecule has 0 aliphatic rings.